The zero-order chi connectivity index (χ0) is 26.1. The second-order valence-electron chi connectivity index (χ2n) is 11.4. The van der Waals surface area contributed by atoms with Crippen LogP contribution in [0.2, 0.25) is 0 Å². The molecule has 0 radical (unpaired) electrons. The Balaban J connectivity index is 0.00000151. The molecule has 2 heterocycles. The Bertz CT molecular complexity index is 1840. The molecule has 0 saturated heterocycles. The van der Waals surface area contributed by atoms with Gasteiger partial charge in [-0.1, -0.05) is 0 Å². The first-order valence-corrected chi connectivity index (χ1v) is 17.2. The van der Waals surface area contributed by atoms with Crippen molar-refractivity contribution in [3.63, 3.8) is 0 Å². The van der Waals surface area contributed by atoms with Crippen molar-refractivity contribution < 1.29 is 48.0 Å². The van der Waals surface area contributed by atoms with E-state index in [1.54, 1.807) is 16.8 Å². The Morgan fingerprint density at radius 3 is 2.02 bits per heavy atom. The Labute approximate surface area is 266 Å². The number of aryl methyl sites for hydroxylation is 3. The predicted octanol–water partition coefficient (Wildman–Crippen LogP) is 2.83. The molecule has 2 unspecified atom stereocenters. The fraction of sp³-hybridized carbons (Fsp3) is 0.222. The topological polar surface area (TPSA) is 9.86 Å². The maximum Gasteiger partial charge on any atom is -1.00 e. The van der Waals surface area contributed by atoms with Crippen molar-refractivity contribution in [2.45, 2.75) is 46.8 Å². The van der Waals surface area contributed by atoms with Crippen LogP contribution in [0.1, 0.15) is 64.9 Å². The van der Waals surface area contributed by atoms with Crippen LogP contribution in [0.4, 0.5) is 0 Å². The summed E-state index contributed by atoms with van der Waals surface area (Å²) in [6.07, 6.45) is 12.4. The molecule has 2 aromatic heterocycles. The van der Waals surface area contributed by atoms with E-state index in [1.165, 1.54) is 75.9 Å². The van der Waals surface area contributed by atoms with Gasteiger partial charge in [0.2, 0.25) is 0 Å². The molecule has 0 saturated carbocycles. The van der Waals surface area contributed by atoms with E-state index in [2.05, 4.69) is 120 Å². The van der Waals surface area contributed by atoms with Crippen molar-refractivity contribution >= 4 is 34.4 Å². The number of halogens is 2. The summed E-state index contributed by atoms with van der Waals surface area (Å²) in [5, 5.41) is 1.47. The summed E-state index contributed by atoms with van der Waals surface area (Å²) >= 11 is -1.08. The van der Waals surface area contributed by atoms with Crippen molar-refractivity contribution in [3.05, 3.63) is 130 Å². The van der Waals surface area contributed by atoms with Crippen LogP contribution in [0.25, 0.3) is 34.4 Å². The normalized spacial score (nSPS) is 18.4. The van der Waals surface area contributed by atoms with Gasteiger partial charge in [0.25, 0.3) is 0 Å². The Morgan fingerprint density at radius 2 is 1.32 bits per heavy atom. The minimum atomic E-state index is -1.08. The zero-order valence-electron chi connectivity index (χ0n) is 23.4. The smallest absolute Gasteiger partial charge is 1.00 e. The predicted molar refractivity (Wildman–Crippen MR) is 159 cm³/mol. The molecule has 5 aromatic rings. The average molecular weight is 655 g/mol. The molecule has 0 amide bonds. The van der Waals surface area contributed by atoms with Gasteiger partial charge in [-0.15, -0.1) is 0 Å². The van der Waals surface area contributed by atoms with Gasteiger partial charge in [0, 0.05) is 0 Å². The Morgan fingerprint density at radius 1 is 0.707 bits per heavy atom. The number of hydrogen-bond donors (Lipinski definition) is 0. The molecule has 0 aliphatic heterocycles. The van der Waals surface area contributed by atoms with E-state index in [0.717, 1.165) is 0 Å². The number of hydrogen-bond acceptors (Lipinski definition) is 0. The molecule has 0 fully saturated rings. The van der Waals surface area contributed by atoms with Crippen LogP contribution in [-0.4, -0.2) is 9.13 Å². The van der Waals surface area contributed by atoms with E-state index in [-0.39, 0.29) is 24.8 Å². The second-order valence-corrected chi connectivity index (χ2v) is 15.1. The summed E-state index contributed by atoms with van der Waals surface area (Å²) in [5.41, 5.74) is 16.2. The zero-order valence-corrected chi connectivity index (χ0v) is 27.3. The van der Waals surface area contributed by atoms with Crippen LogP contribution in [0.3, 0.4) is 0 Å². The number of benzene rings is 3. The van der Waals surface area contributed by atoms with E-state index >= 15 is 0 Å². The van der Waals surface area contributed by atoms with Gasteiger partial charge >= 0.3 is 243 Å². The third-order valence-electron chi connectivity index (χ3n) is 9.01. The number of aromatic nitrogens is 2. The van der Waals surface area contributed by atoms with Crippen molar-refractivity contribution in [3.8, 4) is 0 Å². The van der Waals surface area contributed by atoms with E-state index in [0.29, 0.717) is 7.25 Å². The standard InChI is InChI=1S/C21H18N.C15H14N.2ClH.Zr/c1-2-8-16-14-17(13-15(16)7-1)22-20-11-5-3-9-18(20)19-10-4-6-12-21(19)22;1-11-7-12(2)16(10-11)15-8-13-5-3-4-6-14(13)9-15;;;/h1-3,5,7-9,11,13-14H,4,6,10,12H2;3-10H,1-2H3;2*1H;/q;;;;+2/p-2. The molecular formula is C36H32Cl2N2Zr. The summed E-state index contributed by atoms with van der Waals surface area (Å²) in [6.45, 7) is 4.48. The molecule has 8 rings (SSSR count). The van der Waals surface area contributed by atoms with Crippen LogP contribution in [-0.2, 0) is 36.1 Å². The molecule has 3 aliphatic carbocycles. The molecule has 0 spiro atoms. The fourth-order valence-electron chi connectivity index (χ4n) is 7.34. The number of nitrogens with zero attached hydrogens (tertiary/aromatic N) is 2. The SMILES string of the molecule is Cc1cc(C)n(C2=Cc3ccccc3[CH]2[Zr+2][CH]2C(n3c4c(c5ccccc53)CCCC4)=Cc3ccccc32)c1.[Cl-].[Cl-]. The van der Waals surface area contributed by atoms with Crippen LogP contribution in [0.5, 0.6) is 0 Å². The van der Waals surface area contributed by atoms with Gasteiger partial charge in [0.1, 0.15) is 0 Å². The van der Waals surface area contributed by atoms with Crippen molar-refractivity contribution in [2.75, 3.05) is 0 Å². The quantitative estimate of drug-likeness (QED) is 0.283. The summed E-state index contributed by atoms with van der Waals surface area (Å²) in [4.78, 5) is 0. The summed E-state index contributed by atoms with van der Waals surface area (Å²) < 4.78 is 6.21. The first kappa shape index (κ1) is 28.5. The number of para-hydroxylation sites is 1. The van der Waals surface area contributed by atoms with E-state index < -0.39 is 23.2 Å². The van der Waals surface area contributed by atoms with Crippen LogP contribution in [0.15, 0.2) is 85.1 Å². The first-order valence-electron chi connectivity index (χ1n) is 14.3. The fourth-order valence-corrected chi connectivity index (χ4v) is 12.2. The van der Waals surface area contributed by atoms with E-state index in [9.17, 15) is 0 Å². The van der Waals surface area contributed by atoms with Gasteiger partial charge in [0.15, 0.2) is 0 Å². The van der Waals surface area contributed by atoms with Crippen LogP contribution in [0, 0.1) is 13.8 Å². The summed E-state index contributed by atoms with van der Waals surface area (Å²) in [6, 6.07) is 29.9. The van der Waals surface area contributed by atoms with Gasteiger partial charge in [-0.2, -0.15) is 0 Å². The maximum absolute atomic E-state index is 2.71. The summed E-state index contributed by atoms with van der Waals surface area (Å²) in [7, 11) is 0. The largest absolute Gasteiger partial charge is 1.00 e. The minimum absolute atomic E-state index is 0. The monoisotopic (exact) mass is 652 g/mol. The number of fused-ring (bicyclic) bond motifs is 5. The molecule has 5 heteroatoms. The number of allylic oxidation sites excluding steroid dienone is 2. The van der Waals surface area contributed by atoms with Gasteiger partial charge in [-0.3, -0.25) is 0 Å². The van der Waals surface area contributed by atoms with Gasteiger partial charge in [-0.25, -0.2) is 0 Å². The third kappa shape index (κ3) is 4.56. The minimum Gasteiger partial charge on any atom is -1.00 e. The van der Waals surface area contributed by atoms with Crippen LogP contribution < -0.4 is 24.8 Å². The second kappa shape index (κ2) is 11.3. The average Bonchev–Trinajstić information content (AvgIpc) is 3.69. The Kier molecular flexibility index (Phi) is 7.83. The van der Waals surface area contributed by atoms with Crippen molar-refractivity contribution in [1.29, 1.82) is 0 Å². The molecule has 2 nitrogen and oxygen atoms in total. The summed E-state index contributed by atoms with van der Waals surface area (Å²) in [5.74, 6) is 0. The van der Waals surface area contributed by atoms with Crippen LogP contribution >= 0.6 is 0 Å². The van der Waals surface area contributed by atoms with Gasteiger partial charge in [-0.05, 0) is 0 Å². The molecule has 2 atom stereocenters. The molecule has 204 valence electrons. The Hall–Kier alpha value is -2.58. The molecule has 3 aliphatic rings. The third-order valence-corrected chi connectivity index (χ3v) is 13.6. The molecule has 0 bridgehead atoms. The number of rotatable bonds is 4. The van der Waals surface area contributed by atoms with E-state index in [1.807, 2.05) is 0 Å². The van der Waals surface area contributed by atoms with Crippen molar-refractivity contribution in [2.24, 2.45) is 0 Å². The maximum atomic E-state index is 2.71. The molecule has 0 N–H and O–H groups in total. The van der Waals surface area contributed by atoms with Gasteiger partial charge < -0.3 is 24.8 Å². The van der Waals surface area contributed by atoms with Gasteiger partial charge in [0.05, 0.1) is 0 Å². The van der Waals surface area contributed by atoms with Crippen molar-refractivity contribution in [1.82, 2.24) is 9.13 Å². The molecular weight excluding hydrogens is 623 g/mol. The molecule has 3 aromatic carbocycles. The molecule has 41 heavy (non-hydrogen) atoms. The first-order chi connectivity index (χ1) is 19.2. The van der Waals surface area contributed by atoms with E-state index in [4.69, 9.17) is 0 Å².